The van der Waals surface area contributed by atoms with Crippen LogP contribution in [-0.4, -0.2) is 37.3 Å². The van der Waals surface area contributed by atoms with E-state index in [-0.39, 0.29) is 18.1 Å². The summed E-state index contributed by atoms with van der Waals surface area (Å²) in [6, 6.07) is 18.0. The molecule has 184 valence electrons. The zero-order chi connectivity index (χ0) is 25.2. The molecule has 1 unspecified atom stereocenters. The SMILES string of the molecule is CCCOc1ccc(C2/C(=C(/O)c3ccc4c(c3)OCO4)C(=O)C(=O)N2c2ccc(OC)cc2)cc1. The second kappa shape index (κ2) is 9.65. The molecule has 0 radical (unpaired) electrons. The molecule has 1 atom stereocenters. The Kier molecular flexibility index (Phi) is 6.25. The molecule has 2 aliphatic rings. The number of anilines is 1. The molecule has 2 heterocycles. The van der Waals surface area contributed by atoms with Gasteiger partial charge in [0.2, 0.25) is 6.79 Å². The van der Waals surface area contributed by atoms with Gasteiger partial charge in [-0.1, -0.05) is 19.1 Å². The van der Waals surface area contributed by atoms with Crippen molar-refractivity contribution in [2.75, 3.05) is 25.4 Å². The van der Waals surface area contributed by atoms with Gasteiger partial charge in [-0.25, -0.2) is 0 Å². The van der Waals surface area contributed by atoms with Crippen molar-refractivity contribution in [3.8, 4) is 23.0 Å². The summed E-state index contributed by atoms with van der Waals surface area (Å²) in [5.74, 6) is 0.485. The first-order valence-corrected chi connectivity index (χ1v) is 11.6. The predicted molar refractivity (Wildman–Crippen MR) is 133 cm³/mol. The van der Waals surface area contributed by atoms with Gasteiger partial charge in [-0.15, -0.1) is 0 Å². The number of rotatable bonds is 7. The lowest BCUT2D eigenvalue weighted by atomic mass is 9.95. The van der Waals surface area contributed by atoms with Crippen LogP contribution in [0.15, 0.2) is 72.3 Å². The van der Waals surface area contributed by atoms with Crippen molar-refractivity contribution in [1.29, 1.82) is 0 Å². The van der Waals surface area contributed by atoms with Gasteiger partial charge in [-0.3, -0.25) is 14.5 Å². The molecule has 0 saturated carbocycles. The fourth-order valence-corrected chi connectivity index (χ4v) is 4.32. The third-order valence-corrected chi connectivity index (χ3v) is 6.11. The minimum absolute atomic E-state index is 0.0168. The van der Waals surface area contributed by atoms with E-state index in [0.717, 1.165) is 6.42 Å². The van der Waals surface area contributed by atoms with Crippen molar-refractivity contribution >= 4 is 23.1 Å². The number of methoxy groups -OCH3 is 1. The molecule has 8 heteroatoms. The van der Waals surface area contributed by atoms with Gasteiger partial charge in [-0.05, 0) is 66.6 Å². The van der Waals surface area contributed by atoms with E-state index in [9.17, 15) is 14.7 Å². The first kappa shape index (κ1) is 23.3. The molecule has 0 bridgehead atoms. The number of nitrogens with zero attached hydrogens (tertiary/aromatic N) is 1. The molecule has 36 heavy (non-hydrogen) atoms. The third kappa shape index (κ3) is 4.11. The third-order valence-electron chi connectivity index (χ3n) is 6.11. The van der Waals surface area contributed by atoms with Crippen LogP contribution < -0.4 is 23.8 Å². The van der Waals surface area contributed by atoms with Gasteiger partial charge in [0.15, 0.2) is 11.5 Å². The summed E-state index contributed by atoms with van der Waals surface area (Å²) in [4.78, 5) is 28.0. The van der Waals surface area contributed by atoms with Gasteiger partial charge in [0.05, 0.1) is 25.3 Å². The number of ether oxygens (including phenoxy) is 4. The Morgan fingerprint density at radius 1 is 0.972 bits per heavy atom. The van der Waals surface area contributed by atoms with Crippen LogP contribution in [-0.2, 0) is 9.59 Å². The Bertz CT molecular complexity index is 1330. The number of fused-ring (bicyclic) bond motifs is 1. The maximum atomic E-state index is 13.3. The number of ketones is 1. The van der Waals surface area contributed by atoms with Crippen LogP contribution in [0.25, 0.3) is 5.76 Å². The lowest BCUT2D eigenvalue weighted by molar-refractivity contribution is -0.132. The molecule has 1 N–H and O–H groups in total. The number of hydrogen-bond donors (Lipinski definition) is 1. The monoisotopic (exact) mass is 487 g/mol. The number of carbonyl (C=O) groups is 2. The van der Waals surface area contributed by atoms with Gasteiger partial charge < -0.3 is 24.1 Å². The van der Waals surface area contributed by atoms with Crippen LogP contribution in [0.4, 0.5) is 5.69 Å². The van der Waals surface area contributed by atoms with Crippen LogP contribution in [0, 0.1) is 0 Å². The zero-order valence-electron chi connectivity index (χ0n) is 19.9. The Balaban J connectivity index is 1.63. The lowest BCUT2D eigenvalue weighted by Crippen LogP contribution is -2.29. The highest BCUT2D eigenvalue weighted by Gasteiger charge is 2.47. The highest BCUT2D eigenvalue weighted by atomic mass is 16.7. The second-order valence-corrected chi connectivity index (χ2v) is 8.35. The molecule has 0 spiro atoms. The molecule has 0 aliphatic carbocycles. The van der Waals surface area contributed by atoms with Crippen molar-refractivity contribution in [2.45, 2.75) is 19.4 Å². The first-order chi connectivity index (χ1) is 17.5. The molecule has 1 amide bonds. The van der Waals surface area contributed by atoms with Crippen LogP contribution in [0.2, 0.25) is 0 Å². The van der Waals surface area contributed by atoms with E-state index in [4.69, 9.17) is 18.9 Å². The summed E-state index contributed by atoms with van der Waals surface area (Å²) in [6.07, 6.45) is 0.870. The molecule has 1 saturated heterocycles. The number of hydrogen-bond acceptors (Lipinski definition) is 7. The quantitative estimate of drug-likeness (QED) is 0.290. The maximum absolute atomic E-state index is 13.3. The van der Waals surface area contributed by atoms with Gasteiger partial charge in [0.1, 0.15) is 17.3 Å². The summed E-state index contributed by atoms with van der Waals surface area (Å²) in [5.41, 5.74) is 1.48. The smallest absolute Gasteiger partial charge is 0.300 e. The van der Waals surface area contributed by atoms with Crippen molar-refractivity contribution in [3.05, 3.63) is 83.4 Å². The van der Waals surface area contributed by atoms with E-state index >= 15 is 0 Å². The van der Waals surface area contributed by atoms with Crippen LogP contribution >= 0.6 is 0 Å². The van der Waals surface area contributed by atoms with Crippen molar-refractivity contribution in [3.63, 3.8) is 0 Å². The summed E-state index contributed by atoms with van der Waals surface area (Å²) in [6.45, 7) is 2.68. The van der Waals surface area contributed by atoms with E-state index in [1.165, 1.54) is 4.90 Å². The summed E-state index contributed by atoms with van der Waals surface area (Å²) >= 11 is 0. The Morgan fingerprint density at radius 2 is 1.67 bits per heavy atom. The minimum atomic E-state index is -0.857. The van der Waals surface area contributed by atoms with Gasteiger partial charge in [0, 0.05) is 11.3 Å². The largest absolute Gasteiger partial charge is 0.507 e. The molecule has 2 aliphatic heterocycles. The minimum Gasteiger partial charge on any atom is -0.507 e. The molecule has 8 nitrogen and oxygen atoms in total. The highest BCUT2D eigenvalue weighted by Crippen LogP contribution is 2.44. The van der Waals surface area contributed by atoms with Crippen LogP contribution in [0.3, 0.4) is 0 Å². The average Bonchev–Trinajstić information content (AvgIpc) is 3.49. The standard InChI is InChI=1S/C28H25NO7/c1-3-14-34-21-9-4-17(5-10-21)25-24(26(30)18-6-13-22-23(15-18)36-16-35-22)27(31)28(32)29(25)19-7-11-20(33-2)12-8-19/h4-13,15,25,30H,3,14,16H2,1-2H3/b26-24-. The van der Waals surface area contributed by atoms with Crippen LogP contribution in [0.1, 0.15) is 30.5 Å². The topological polar surface area (TPSA) is 94.5 Å². The molecule has 3 aromatic rings. The number of amides is 1. The zero-order valence-corrected chi connectivity index (χ0v) is 19.9. The molecular weight excluding hydrogens is 462 g/mol. The average molecular weight is 488 g/mol. The van der Waals surface area contributed by atoms with E-state index in [0.29, 0.717) is 46.4 Å². The van der Waals surface area contributed by atoms with E-state index in [2.05, 4.69) is 0 Å². The number of benzene rings is 3. The summed E-state index contributed by atoms with van der Waals surface area (Å²) in [7, 11) is 1.55. The lowest BCUT2D eigenvalue weighted by Gasteiger charge is -2.25. The number of aliphatic hydroxyl groups excluding tert-OH is 1. The predicted octanol–water partition coefficient (Wildman–Crippen LogP) is 4.84. The molecule has 1 fully saturated rings. The highest BCUT2D eigenvalue weighted by molar-refractivity contribution is 6.51. The molecule has 3 aromatic carbocycles. The fourth-order valence-electron chi connectivity index (χ4n) is 4.32. The normalized spacial score (nSPS) is 17.9. The number of carbonyl (C=O) groups excluding carboxylic acids is 2. The van der Waals surface area contributed by atoms with Gasteiger partial charge in [0.25, 0.3) is 11.7 Å². The molecular formula is C28H25NO7. The van der Waals surface area contributed by atoms with Gasteiger partial charge in [-0.2, -0.15) is 0 Å². The Labute approximate surface area is 208 Å². The number of Topliss-reactive ketones (excluding diaryl/α,β-unsaturated/α-hetero) is 1. The van der Waals surface area contributed by atoms with Crippen molar-refractivity contribution in [2.24, 2.45) is 0 Å². The molecule has 0 aromatic heterocycles. The van der Waals surface area contributed by atoms with E-state index in [1.807, 2.05) is 6.92 Å². The second-order valence-electron chi connectivity index (χ2n) is 8.35. The van der Waals surface area contributed by atoms with E-state index < -0.39 is 17.7 Å². The summed E-state index contributed by atoms with van der Waals surface area (Å²) in [5, 5.41) is 11.3. The van der Waals surface area contributed by atoms with Crippen molar-refractivity contribution in [1.82, 2.24) is 0 Å². The van der Waals surface area contributed by atoms with Gasteiger partial charge >= 0.3 is 0 Å². The fraction of sp³-hybridized carbons (Fsp3) is 0.214. The Morgan fingerprint density at radius 3 is 2.36 bits per heavy atom. The van der Waals surface area contributed by atoms with Crippen LogP contribution in [0.5, 0.6) is 23.0 Å². The summed E-state index contributed by atoms with van der Waals surface area (Å²) < 4.78 is 21.7. The first-order valence-electron chi connectivity index (χ1n) is 11.6. The number of aliphatic hydroxyl groups is 1. The maximum Gasteiger partial charge on any atom is 0.300 e. The van der Waals surface area contributed by atoms with Crippen molar-refractivity contribution < 1.29 is 33.6 Å². The molecule has 5 rings (SSSR count). The van der Waals surface area contributed by atoms with E-state index in [1.54, 1.807) is 73.8 Å². The Hall–Kier alpha value is -4.46.